The number of pyridine rings is 1. The number of anilines is 1. The number of piperidine rings is 1. The molecular weight excluding hydrogens is 346 g/mol. The van der Waals surface area contributed by atoms with Gasteiger partial charge in [0.25, 0.3) is 0 Å². The molecule has 3 amide bonds. The molecule has 1 fully saturated rings. The van der Waals surface area contributed by atoms with Gasteiger partial charge < -0.3 is 26.0 Å². The quantitative estimate of drug-likeness (QED) is 0.714. The molecular formula is C19H25N5O3. The Morgan fingerprint density at radius 1 is 1.41 bits per heavy atom. The van der Waals surface area contributed by atoms with Crippen LogP contribution >= 0.6 is 0 Å². The first-order chi connectivity index (χ1) is 13.1. The van der Waals surface area contributed by atoms with Gasteiger partial charge in [0.05, 0.1) is 24.2 Å². The Morgan fingerprint density at radius 2 is 2.26 bits per heavy atom. The Labute approximate surface area is 158 Å². The van der Waals surface area contributed by atoms with Crippen LogP contribution in [0.1, 0.15) is 12.8 Å². The number of hydrogen-bond acceptors (Lipinski definition) is 5. The Kier molecular flexibility index (Phi) is 6.08. The van der Waals surface area contributed by atoms with Gasteiger partial charge in [-0.3, -0.25) is 9.78 Å². The number of carbonyl (C=O) groups excluding carboxylic acids is 2. The van der Waals surface area contributed by atoms with E-state index in [0.29, 0.717) is 36.6 Å². The Bertz CT molecular complexity index is 826. The van der Waals surface area contributed by atoms with Crippen molar-refractivity contribution >= 4 is 28.5 Å². The van der Waals surface area contributed by atoms with Gasteiger partial charge in [0.15, 0.2) is 0 Å². The van der Waals surface area contributed by atoms with E-state index in [1.165, 1.54) is 0 Å². The number of methoxy groups -OCH3 is 1. The lowest BCUT2D eigenvalue weighted by Gasteiger charge is -2.31. The van der Waals surface area contributed by atoms with E-state index in [2.05, 4.69) is 20.5 Å². The second kappa shape index (κ2) is 8.68. The van der Waals surface area contributed by atoms with Crippen LogP contribution in [0.3, 0.4) is 0 Å². The summed E-state index contributed by atoms with van der Waals surface area (Å²) in [7, 11) is 1.58. The molecule has 3 rings (SSSR count). The SMILES string of the molecule is COc1cc(NC(=O)NCCN2CCCC(C(N)=O)C2)c2ncccc2c1. The zero-order chi connectivity index (χ0) is 19.2. The molecule has 1 aliphatic heterocycles. The van der Waals surface area contributed by atoms with E-state index in [4.69, 9.17) is 10.5 Å². The van der Waals surface area contributed by atoms with Crippen molar-refractivity contribution in [1.82, 2.24) is 15.2 Å². The minimum absolute atomic E-state index is 0.0956. The standard InChI is InChI=1S/C19H25N5O3/c1-27-15-10-13-4-2-6-21-17(13)16(11-15)23-19(26)22-7-9-24-8-3-5-14(12-24)18(20)25/h2,4,6,10-11,14H,3,5,7-9,12H2,1H3,(H2,20,25)(H2,22,23,26). The third-order valence-electron chi connectivity index (χ3n) is 4.78. The number of hydrogen-bond donors (Lipinski definition) is 3. The van der Waals surface area contributed by atoms with Crippen LogP contribution in [0.5, 0.6) is 5.75 Å². The normalized spacial score (nSPS) is 17.4. The van der Waals surface area contributed by atoms with Crippen molar-refractivity contribution < 1.29 is 14.3 Å². The van der Waals surface area contributed by atoms with E-state index >= 15 is 0 Å². The molecule has 2 aromatic rings. The van der Waals surface area contributed by atoms with Crippen LogP contribution in [0.2, 0.25) is 0 Å². The smallest absolute Gasteiger partial charge is 0.319 e. The lowest BCUT2D eigenvalue weighted by Crippen LogP contribution is -2.44. The second-order valence-corrected chi connectivity index (χ2v) is 6.67. The average molecular weight is 371 g/mol. The van der Waals surface area contributed by atoms with Crippen molar-refractivity contribution in [3.05, 3.63) is 30.5 Å². The number of nitrogens with one attached hydrogen (secondary N) is 2. The minimum atomic E-state index is -0.307. The highest BCUT2D eigenvalue weighted by atomic mass is 16.5. The van der Waals surface area contributed by atoms with E-state index in [1.54, 1.807) is 19.4 Å². The van der Waals surface area contributed by atoms with Crippen LogP contribution in [0.4, 0.5) is 10.5 Å². The fourth-order valence-electron chi connectivity index (χ4n) is 3.36. The lowest BCUT2D eigenvalue weighted by molar-refractivity contribution is -0.123. The number of rotatable bonds is 6. The highest BCUT2D eigenvalue weighted by Crippen LogP contribution is 2.27. The number of amides is 3. The van der Waals surface area contributed by atoms with E-state index in [1.807, 2.05) is 18.2 Å². The van der Waals surface area contributed by atoms with Gasteiger partial charge in [-0.1, -0.05) is 6.07 Å². The van der Waals surface area contributed by atoms with Crippen molar-refractivity contribution in [1.29, 1.82) is 0 Å². The summed E-state index contributed by atoms with van der Waals surface area (Å²) in [5.74, 6) is 0.307. The molecule has 8 nitrogen and oxygen atoms in total. The van der Waals surface area contributed by atoms with Crippen LogP contribution in [0.15, 0.2) is 30.5 Å². The van der Waals surface area contributed by atoms with E-state index in [0.717, 1.165) is 24.8 Å². The molecule has 0 saturated carbocycles. The van der Waals surface area contributed by atoms with Crippen molar-refractivity contribution in [2.45, 2.75) is 12.8 Å². The van der Waals surface area contributed by atoms with Crippen LogP contribution in [0.25, 0.3) is 10.9 Å². The molecule has 1 aromatic carbocycles. The average Bonchev–Trinajstić information content (AvgIpc) is 2.68. The van der Waals surface area contributed by atoms with Crippen LogP contribution in [0, 0.1) is 5.92 Å². The monoisotopic (exact) mass is 371 g/mol. The summed E-state index contributed by atoms with van der Waals surface area (Å²) < 4.78 is 5.29. The summed E-state index contributed by atoms with van der Waals surface area (Å²) in [6.45, 7) is 2.72. The zero-order valence-electron chi connectivity index (χ0n) is 15.4. The summed E-state index contributed by atoms with van der Waals surface area (Å²) >= 11 is 0. The molecule has 1 aromatic heterocycles. The van der Waals surface area contributed by atoms with Gasteiger partial charge in [-0.05, 0) is 31.5 Å². The first-order valence-electron chi connectivity index (χ1n) is 9.06. The van der Waals surface area contributed by atoms with Gasteiger partial charge in [-0.2, -0.15) is 0 Å². The molecule has 1 saturated heterocycles. The molecule has 0 bridgehead atoms. The third-order valence-corrected chi connectivity index (χ3v) is 4.78. The molecule has 2 heterocycles. The molecule has 1 atom stereocenters. The first-order valence-corrected chi connectivity index (χ1v) is 9.06. The predicted octanol–water partition coefficient (Wildman–Crippen LogP) is 1.56. The first kappa shape index (κ1) is 18.9. The molecule has 4 N–H and O–H groups in total. The van der Waals surface area contributed by atoms with Gasteiger partial charge in [-0.25, -0.2) is 4.79 Å². The number of ether oxygens (including phenoxy) is 1. The molecule has 8 heteroatoms. The van der Waals surface area contributed by atoms with E-state index in [9.17, 15) is 9.59 Å². The van der Waals surface area contributed by atoms with Crippen molar-refractivity contribution in [2.24, 2.45) is 11.7 Å². The fraction of sp³-hybridized carbons (Fsp3) is 0.421. The van der Waals surface area contributed by atoms with Crippen LogP contribution < -0.4 is 21.1 Å². The number of fused-ring (bicyclic) bond motifs is 1. The predicted molar refractivity (Wildman–Crippen MR) is 104 cm³/mol. The zero-order valence-corrected chi connectivity index (χ0v) is 15.4. The highest BCUT2D eigenvalue weighted by molar-refractivity contribution is 6.00. The maximum atomic E-state index is 12.3. The van der Waals surface area contributed by atoms with Gasteiger partial charge in [-0.15, -0.1) is 0 Å². The fourth-order valence-corrected chi connectivity index (χ4v) is 3.36. The largest absolute Gasteiger partial charge is 0.497 e. The number of benzene rings is 1. The Balaban J connectivity index is 1.55. The summed E-state index contributed by atoms with van der Waals surface area (Å²) in [4.78, 5) is 30.1. The maximum absolute atomic E-state index is 12.3. The van der Waals surface area contributed by atoms with Gasteiger partial charge in [0.1, 0.15) is 5.75 Å². The molecule has 0 aliphatic carbocycles. The Morgan fingerprint density at radius 3 is 3.04 bits per heavy atom. The summed E-state index contributed by atoms with van der Waals surface area (Å²) in [5, 5.41) is 6.57. The second-order valence-electron chi connectivity index (χ2n) is 6.67. The van der Waals surface area contributed by atoms with Crippen molar-refractivity contribution in [3.8, 4) is 5.75 Å². The highest BCUT2D eigenvalue weighted by Gasteiger charge is 2.23. The number of aromatic nitrogens is 1. The molecule has 1 unspecified atom stereocenters. The molecule has 0 radical (unpaired) electrons. The molecule has 1 aliphatic rings. The van der Waals surface area contributed by atoms with Gasteiger partial charge in [0, 0.05) is 37.3 Å². The van der Waals surface area contributed by atoms with Crippen molar-refractivity contribution in [3.63, 3.8) is 0 Å². The van der Waals surface area contributed by atoms with Gasteiger partial charge >= 0.3 is 6.03 Å². The van der Waals surface area contributed by atoms with Crippen LogP contribution in [-0.4, -0.2) is 55.1 Å². The maximum Gasteiger partial charge on any atom is 0.319 e. The van der Waals surface area contributed by atoms with Crippen LogP contribution in [-0.2, 0) is 4.79 Å². The van der Waals surface area contributed by atoms with E-state index in [-0.39, 0.29) is 17.9 Å². The van der Waals surface area contributed by atoms with E-state index < -0.39 is 0 Å². The molecule has 27 heavy (non-hydrogen) atoms. The minimum Gasteiger partial charge on any atom is -0.497 e. The third kappa shape index (κ3) is 4.85. The molecule has 0 spiro atoms. The van der Waals surface area contributed by atoms with Crippen molar-refractivity contribution in [2.75, 3.05) is 38.6 Å². The number of nitrogens with zero attached hydrogens (tertiary/aromatic N) is 2. The molecule has 144 valence electrons. The van der Waals surface area contributed by atoms with Gasteiger partial charge in [0.2, 0.25) is 5.91 Å². The number of urea groups is 1. The number of nitrogens with two attached hydrogens (primary N) is 1. The topological polar surface area (TPSA) is 110 Å². The summed E-state index contributed by atoms with van der Waals surface area (Å²) in [6.07, 6.45) is 3.47. The summed E-state index contributed by atoms with van der Waals surface area (Å²) in [5.41, 5.74) is 6.69. The lowest BCUT2D eigenvalue weighted by atomic mass is 9.97. The number of primary amides is 1. The number of carbonyl (C=O) groups is 2. The Hall–Kier alpha value is -2.87. The summed E-state index contributed by atoms with van der Waals surface area (Å²) in [6, 6.07) is 7.07. The number of likely N-dealkylation sites (tertiary alicyclic amines) is 1.